The van der Waals surface area contributed by atoms with E-state index in [0.717, 1.165) is 42.6 Å². The molecule has 0 aliphatic heterocycles. The lowest BCUT2D eigenvalue weighted by Crippen LogP contribution is -2.23. The molecule has 0 bridgehead atoms. The van der Waals surface area contributed by atoms with E-state index in [4.69, 9.17) is 21.6 Å². The number of halogens is 1. The minimum atomic E-state index is -0.0642. The van der Waals surface area contributed by atoms with Gasteiger partial charge in [0.05, 0.1) is 11.1 Å². The van der Waals surface area contributed by atoms with Gasteiger partial charge in [0.2, 0.25) is 0 Å². The molecule has 150 valence electrons. The second-order valence-electron chi connectivity index (χ2n) is 7.46. The monoisotopic (exact) mass is 433 g/mol. The van der Waals surface area contributed by atoms with E-state index in [9.17, 15) is 4.79 Å². The molecule has 0 radical (unpaired) electrons. The van der Waals surface area contributed by atoms with Crippen molar-refractivity contribution in [1.29, 1.82) is 0 Å². The molecule has 0 amide bonds. The Morgan fingerprint density at radius 1 is 0.967 bits per heavy atom. The second kappa shape index (κ2) is 8.25. The molecule has 6 heteroatoms. The molecule has 30 heavy (non-hydrogen) atoms. The molecule has 0 fully saturated rings. The molecule has 1 aliphatic carbocycles. The van der Waals surface area contributed by atoms with Gasteiger partial charge in [-0.3, -0.25) is 9.36 Å². The van der Waals surface area contributed by atoms with E-state index in [1.807, 2.05) is 60.7 Å². The van der Waals surface area contributed by atoms with Gasteiger partial charge >= 0.3 is 0 Å². The molecule has 4 nitrogen and oxygen atoms in total. The van der Waals surface area contributed by atoms with Gasteiger partial charge in [-0.25, -0.2) is 9.97 Å². The molecule has 0 spiro atoms. The van der Waals surface area contributed by atoms with Crippen LogP contribution in [0.25, 0.3) is 16.7 Å². The predicted molar refractivity (Wildman–Crippen MR) is 123 cm³/mol. The molecular formula is C24H20ClN3OS. The summed E-state index contributed by atoms with van der Waals surface area (Å²) < 4.78 is 1.71. The number of para-hydroxylation sites is 1. The largest absolute Gasteiger partial charge is 0.268 e. The zero-order valence-electron chi connectivity index (χ0n) is 16.3. The van der Waals surface area contributed by atoms with Gasteiger partial charge in [-0.15, -0.1) is 0 Å². The highest BCUT2D eigenvalue weighted by Gasteiger charge is 2.18. The van der Waals surface area contributed by atoms with Gasteiger partial charge in [0.15, 0.2) is 10.8 Å². The molecule has 0 saturated heterocycles. The molecular weight excluding hydrogens is 414 g/mol. The van der Waals surface area contributed by atoms with Crippen molar-refractivity contribution >= 4 is 34.4 Å². The van der Waals surface area contributed by atoms with E-state index in [0.29, 0.717) is 27.0 Å². The van der Waals surface area contributed by atoms with Crippen LogP contribution < -0.4 is 5.56 Å². The summed E-state index contributed by atoms with van der Waals surface area (Å²) in [6.07, 6.45) is 4.23. The molecule has 2 aromatic carbocycles. The summed E-state index contributed by atoms with van der Waals surface area (Å²) in [6.45, 7) is 0. The third kappa shape index (κ3) is 3.75. The highest BCUT2D eigenvalue weighted by Crippen LogP contribution is 2.27. The molecule has 2 heterocycles. The first-order valence-electron chi connectivity index (χ1n) is 10.1. The first-order valence-corrected chi connectivity index (χ1v) is 11.4. The normalized spacial score (nSPS) is 13.4. The molecule has 0 saturated carbocycles. The average molecular weight is 434 g/mol. The Hall–Kier alpha value is -2.63. The number of benzene rings is 2. The maximum absolute atomic E-state index is 13.5. The number of fused-ring (bicyclic) bond motifs is 2. The zero-order chi connectivity index (χ0) is 20.5. The number of thioether (sulfide) groups is 1. The first kappa shape index (κ1) is 19.3. The molecule has 2 aromatic heterocycles. The van der Waals surface area contributed by atoms with Crippen molar-refractivity contribution in [3.8, 4) is 5.69 Å². The van der Waals surface area contributed by atoms with Crippen molar-refractivity contribution in [3.05, 3.63) is 92.9 Å². The Labute approximate surface area is 184 Å². The lowest BCUT2D eigenvalue weighted by Gasteiger charge is -2.17. The van der Waals surface area contributed by atoms with Gasteiger partial charge in [-0.1, -0.05) is 53.7 Å². The van der Waals surface area contributed by atoms with E-state index in [1.54, 1.807) is 4.57 Å². The Morgan fingerprint density at radius 2 is 1.73 bits per heavy atom. The quantitative estimate of drug-likeness (QED) is 0.310. The molecule has 5 rings (SSSR count). The van der Waals surface area contributed by atoms with Crippen molar-refractivity contribution in [2.75, 3.05) is 0 Å². The van der Waals surface area contributed by atoms with Crippen molar-refractivity contribution in [1.82, 2.24) is 14.5 Å². The number of rotatable bonds is 4. The second-order valence-corrected chi connectivity index (χ2v) is 8.84. The Balaban J connectivity index is 1.64. The van der Waals surface area contributed by atoms with E-state index < -0.39 is 0 Å². The van der Waals surface area contributed by atoms with Gasteiger partial charge in [0, 0.05) is 16.5 Å². The highest BCUT2D eigenvalue weighted by molar-refractivity contribution is 7.98. The molecule has 0 unspecified atom stereocenters. The summed E-state index contributed by atoms with van der Waals surface area (Å²) in [7, 11) is 0. The van der Waals surface area contributed by atoms with Crippen LogP contribution in [0.2, 0.25) is 5.02 Å². The van der Waals surface area contributed by atoms with Crippen molar-refractivity contribution < 1.29 is 0 Å². The minimum Gasteiger partial charge on any atom is -0.268 e. The van der Waals surface area contributed by atoms with Crippen LogP contribution in [-0.2, 0) is 18.6 Å². The standard InChI is InChI=1S/C24H20ClN3OS/c25-18-12-10-16(11-13-18)15-30-24-27-22-20(14-17-6-4-5-9-21(17)26-22)23(29)28(24)19-7-2-1-3-8-19/h1-3,7-8,10-14H,4-6,9,15H2. The van der Waals surface area contributed by atoms with Crippen LogP contribution in [-0.4, -0.2) is 14.5 Å². The predicted octanol–water partition coefficient (Wildman–Crippen LogP) is 5.61. The fourth-order valence-electron chi connectivity index (χ4n) is 3.84. The number of nitrogens with zero attached hydrogens (tertiary/aromatic N) is 3. The van der Waals surface area contributed by atoms with E-state index in [-0.39, 0.29) is 5.56 Å². The summed E-state index contributed by atoms with van der Waals surface area (Å²) in [6, 6.07) is 19.5. The maximum Gasteiger partial charge on any atom is 0.268 e. The van der Waals surface area contributed by atoms with Gasteiger partial charge in [-0.05, 0) is 67.1 Å². The molecule has 1 aliphatic rings. The number of pyridine rings is 1. The van der Waals surface area contributed by atoms with E-state index in [2.05, 4.69) is 0 Å². The summed E-state index contributed by atoms with van der Waals surface area (Å²) in [5.74, 6) is 0.687. The van der Waals surface area contributed by atoms with E-state index in [1.165, 1.54) is 17.3 Å². The average Bonchev–Trinajstić information content (AvgIpc) is 2.78. The third-order valence-electron chi connectivity index (χ3n) is 5.40. The zero-order valence-corrected chi connectivity index (χ0v) is 17.9. The summed E-state index contributed by atoms with van der Waals surface area (Å²) >= 11 is 7.54. The van der Waals surface area contributed by atoms with Crippen LogP contribution in [0, 0.1) is 0 Å². The van der Waals surface area contributed by atoms with Gasteiger partial charge in [-0.2, -0.15) is 0 Å². The summed E-state index contributed by atoms with van der Waals surface area (Å²) in [4.78, 5) is 23.2. The van der Waals surface area contributed by atoms with E-state index >= 15 is 0 Å². The van der Waals surface area contributed by atoms with Gasteiger partial charge in [0.1, 0.15) is 0 Å². The third-order valence-corrected chi connectivity index (χ3v) is 6.66. The van der Waals surface area contributed by atoms with Crippen molar-refractivity contribution in [3.63, 3.8) is 0 Å². The van der Waals surface area contributed by atoms with Crippen LogP contribution in [0.3, 0.4) is 0 Å². The fraction of sp³-hybridized carbons (Fsp3) is 0.208. The van der Waals surface area contributed by atoms with Gasteiger partial charge in [0.25, 0.3) is 5.56 Å². The van der Waals surface area contributed by atoms with Crippen LogP contribution in [0.1, 0.15) is 29.7 Å². The Bertz CT molecular complexity index is 1270. The smallest absolute Gasteiger partial charge is 0.268 e. The summed E-state index contributed by atoms with van der Waals surface area (Å²) in [5, 5.41) is 1.95. The number of hydrogen-bond donors (Lipinski definition) is 0. The van der Waals surface area contributed by atoms with Gasteiger partial charge < -0.3 is 0 Å². The van der Waals surface area contributed by atoms with Crippen LogP contribution in [0.5, 0.6) is 0 Å². The van der Waals surface area contributed by atoms with Crippen LogP contribution >= 0.6 is 23.4 Å². The van der Waals surface area contributed by atoms with Crippen molar-refractivity contribution in [2.24, 2.45) is 0 Å². The first-order chi connectivity index (χ1) is 14.7. The van der Waals surface area contributed by atoms with Crippen molar-refractivity contribution in [2.45, 2.75) is 36.6 Å². The molecule has 0 N–H and O–H groups in total. The molecule has 0 atom stereocenters. The SMILES string of the molecule is O=c1c2cc3c(nc2nc(SCc2ccc(Cl)cc2)n1-c1ccccc1)CCCC3. The highest BCUT2D eigenvalue weighted by atomic mass is 35.5. The number of hydrogen-bond acceptors (Lipinski definition) is 4. The Kier molecular flexibility index (Phi) is 5.32. The number of aryl methyl sites for hydroxylation is 2. The Morgan fingerprint density at radius 3 is 2.53 bits per heavy atom. The summed E-state index contributed by atoms with van der Waals surface area (Å²) in [5.41, 5.74) is 4.70. The minimum absolute atomic E-state index is 0.0642. The number of aromatic nitrogens is 3. The van der Waals surface area contributed by atoms with Crippen LogP contribution in [0.15, 0.2) is 70.6 Å². The lowest BCUT2D eigenvalue weighted by molar-refractivity contribution is 0.669. The van der Waals surface area contributed by atoms with Crippen LogP contribution in [0.4, 0.5) is 0 Å². The maximum atomic E-state index is 13.5. The molecule has 4 aromatic rings. The fourth-order valence-corrected chi connectivity index (χ4v) is 4.93. The lowest BCUT2D eigenvalue weighted by atomic mass is 9.95. The topological polar surface area (TPSA) is 47.8 Å².